The van der Waals surface area contributed by atoms with Gasteiger partial charge in [0.25, 0.3) is 0 Å². The highest BCUT2D eigenvalue weighted by Crippen LogP contribution is 2.21. The van der Waals surface area contributed by atoms with E-state index < -0.39 is 5.92 Å². The summed E-state index contributed by atoms with van der Waals surface area (Å²) in [5.41, 5.74) is 10.1. The number of pyridine rings is 1. The Kier molecular flexibility index (Phi) is 8.00. The molecule has 150 valence electrons. The topological polar surface area (TPSA) is 109 Å². The molecular weight excluding hydrogens is 366 g/mol. The molecule has 2 rings (SSSR count). The molecule has 0 fully saturated rings. The average molecular weight is 391 g/mol. The summed E-state index contributed by atoms with van der Waals surface area (Å²) >= 11 is 0. The number of benzene rings is 1. The van der Waals surface area contributed by atoms with Crippen molar-refractivity contribution in [2.24, 2.45) is 16.8 Å². The monoisotopic (exact) mass is 391 g/mol. The maximum atomic E-state index is 12.9. The van der Waals surface area contributed by atoms with Crippen LogP contribution in [0.5, 0.6) is 0 Å². The number of anilines is 1. The summed E-state index contributed by atoms with van der Waals surface area (Å²) in [4.78, 5) is 27.9. The van der Waals surface area contributed by atoms with Gasteiger partial charge in [0.2, 0.25) is 11.8 Å². The van der Waals surface area contributed by atoms with Gasteiger partial charge in [0.05, 0.1) is 12.1 Å². The van der Waals surface area contributed by atoms with E-state index in [1.54, 1.807) is 24.5 Å². The van der Waals surface area contributed by atoms with Crippen molar-refractivity contribution in [1.29, 1.82) is 0 Å². The van der Waals surface area contributed by atoms with Crippen molar-refractivity contribution in [1.82, 2.24) is 10.4 Å². The van der Waals surface area contributed by atoms with Crippen molar-refractivity contribution >= 4 is 34.5 Å². The first-order valence-electron chi connectivity index (χ1n) is 9.12. The highest BCUT2D eigenvalue weighted by Gasteiger charge is 2.20. The van der Waals surface area contributed by atoms with Crippen LogP contribution in [0.25, 0.3) is 10.8 Å². The second kappa shape index (κ2) is 10.7. The molecule has 2 aromatic rings. The summed E-state index contributed by atoms with van der Waals surface area (Å²) < 4.78 is 0. The molecule has 7 nitrogen and oxygen atoms in total. The molecule has 1 atom stereocenters. The van der Waals surface area contributed by atoms with E-state index in [-0.39, 0.29) is 18.4 Å². The number of allylic oxidation sites excluding steroid dienone is 4. The fourth-order valence-corrected chi connectivity index (χ4v) is 2.70. The molecular formula is C22H25N5O2. The molecule has 0 saturated carbocycles. The predicted octanol–water partition coefficient (Wildman–Crippen LogP) is 2.93. The zero-order valence-electron chi connectivity index (χ0n) is 16.6. The van der Waals surface area contributed by atoms with E-state index in [9.17, 15) is 9.59 Å². The molecule has 0 aliphatic rings. The molecule has 1 heterocycles. The average Bonchev–Trinajstić information content (AvgIpc) is 2.68. The van der Waals surface area contributed by atoms with Gasteiger partial charge >= 0.3 is 0 Å². The van der Waals surface area contributed by atoms with Crippen LogP contribution in [0.4, 0.5) is 5.69 Å². The third kappa shape index (κ3) is 6.51. The quantitative estimate of drug-likeness (QED) is 0.365. The smallest absolute Gasteiger partial charge is 0.236 e. The first kappa shape index (κ1) is 21.7. The summed E-state index contributed by atoms with van der Waals surface area (Å²) in [6.45, 7) is 7.21. The van der Waals surface area contributed by atoms with Crippen LogP contribution in [0, 0.1) is 5.92 Å². The Balaban J connectivity index is 2.20. The molecule has 1 aromatic heterocycles. The van der Waals surface area contributed by atoms with Gasteiger partial charge in [-0.15, -0.1) is 0 Å². The molecule has 1 unspecified atom stereocenters. The molecule has 0 saturated heterocycles. The minimum Gasteiger partial charge on any atom is -0.329 e. The maximum Gasteiger partial charge on any atom is 0.236 e. The van der Waals surface area contributed by atoms with Crippen molar-refractivity contribution in [3.05, 3.63) is 72.6 Å². The summed E-state index contributed by atoms with van der Waals surface area (Å²) in [5.74, 6) is -1.08. The normalized spacial score (nSPS) is 13.0. The van der Waals surface area contributed by atoms with Crippen molar-refractivity contribution in [2.45, 2.75) is 13.8 Å². The van der Waals surface area contributed by atoms with Crippen LogP contribution < -0.4 is 16.5 Å². The van der Waals surface area contributed by atoms with Crippen LogP contribution in [-0.4, -0.2) is 29.6 Å². The number of carbonyl (C=O) groups excluding carboxylic acids is 2. The molecule has 0 spiro atoms. The van der Waals surface area contributed by atoms with Crippen LogP contribution in [0.3, 0.4) is 0 Å². The lowest BCUT2D eigenvalue weighted by molar-refractivity contribution is -0.119. The molecule has 0 aliphatic carbocycles. The largest absolute Gasteiger partial charge is 0.329 e. The van der Waals surface area contributed by atoms with E-state index in [0.717, 1.165) is 10.8 Å². The molecule has 0 radical (unpaired) electrons. The van der Waals surface area contributed by atoms with Gasteiger partial charge in [-0.1, -0.05) is 24.8 Å². The fourth-order valence-electron chi connectivity index (χ4n) is 2.70. The zero-order chi connectivity index (χ0) is 21.2. The van der Waals surface area contributed by atoms with Crippen LogP contribution >= 0.6 is 0 Å². The van der Waals surface area contributed by atoms with Gasteiger partial charge in [0, 0.05) is 36.9 Å². The SMILES string of the molecule is C=C(/C=N\NC(C)=O)/C=C(\C=C/C)C(CN)C(=O)Nc1ccc2cnccc2c1. The maximum absolute atomic E-state index is 12.9. The minimum atomic E-state index is -0.578. The van der Waals surface area contributed by atoms with Gasteiger partial charge in [-0.05, 0) is 47.7 Å². The lowest BCUT2D eigenvalue weighted by atomic mass is 9.95. The molecule has 29 heavy (non-hydrogen) atoms. The van der Waals surface area contributed by atoms with Crippen LogP contribution in [0.15, 0.2) is 77.7 Å². The van der Waals surface area contributed by atoms with Gasteiger partial charge < -0.3 is 11.1 Å². The number of aromatic nitrogens is 1. The van der Waals surface area contributed by atoms with Gasteiger partial charge in [-0.3, -0.25) is 14.6 Å². The number of amides is 2. The Labute approximate surface area is 170 Å². The van der Waals surface area contributed by atoms with Crippen LogP contribution in [0.2, 0.25) is 0 Å². The number of hydrogen-bond donors (Lipinski definition) is 3. The first-order chi connectivity index (χ1) is 13.9. The summed E-state index contributed by atoms with van der Waals surface area (Å²) in [6, 6.07) is 7.50. The Morgan fingerprint density at radius 2 is 2.10 bits per heavy atom. The van der Waals surface area contributed by atoms with Gasteiger partial charge in [-0.25, -0.2) is 5.43 Å². The molecule has 0 aliphatic heterocycles. The Morgan fingerprint density at radius 1 is 1.31 bits per heavy atom. The lowest BCUT2D eigenvalue weighted by Gasteiger charge is -2.17. The molecule has 7 heteroatoms. The number of nitrogens with one attached hydrogen (secondary N) is 2. The lowest BCUT2D eigenvalue weighted by Crippen LogP contribution is -2.30. The first-order valence-corrected chi connectivity index (χ1v) is 9.12. The zero-order valence-corrected chi connectivity index (χ0v) is 16.6. The van der Waals surface area contributed by atoms with Crippen molar-refractivity contribution in [3.63, 3.8) is 0 Å². The van der Waals surface area contributed by atoms with Crippen molar-refractivity contribution < 1.29 is 9.59 Å². The third-order valence-electron chi connectivity index (χ3n) is 4.03. The van der Waals surface area contributed by atoms with Crippen molar-refractivity contribution in [2.75, 3.05) is 11.9 Å². The fraction of sp³-hybridized carbons (Fsp3) is 0.182. The molecule has 1 aromatic carbocycles. The third-order valence-corrected chi connectivity index (χ3v) is 4.03. The van der Waals surface area contributed by atoms with Gasteiger partial charge in [-0.2, -0.15) is 5.10 Å². The van der Waals surface area contributed by atoms with E-state index >= 15 is 0 Å². The molecule has 4 N–H and O–H groups in total. The van der Waals surface area contributed by atoms with Crippen molar-refractivity contribution in [3.8, 4) is 0 Å². The minimum absolute atomic E-state index is 0.121. The van der Waals surface area contributed by atoms with Crippen LogP contribution in [0.1, 0.15) is 13.8 Å². The highest BCUT2D eigenvalue weighted by molar-refractivity contribution is 5.97. The van der Waals surface area contributed by atoms with E-state index in [4.69, 9.17) is 5.73 Å². The number of hydrogen-bond acceptors (Lipinski definition) is 5. The van der Waals surface area contributed by atoms with E-state index in [0.29, 0.717) is 16.8 Å². The summed E-state index contributed by atoms with van der Waals surface area (Å²) in [6.07, 6.45) is 10.2. The second-order valence-corrected chi connectivity index (χ2v) is 6.36. The van der Waals surface area contributed by atoms with E-state index in [1.807, 2.05) is 37.3 Å². The molecule has 2 amide bonds. The standard InChI is InChI=1S/C22H25N5O2/c1-4-5-18(10-15(2)13-25-27-16(3)28)21(12-23)22(29)26-20-7-6-19-14-24-9-8-17(19)11-20/h4-11,13-14,21H,2,12,23H2,1,3H3,(H,26,29)(H,27,28)/b5-4-,18-10+,25-13-. The number of rotatable bonds is 8. The summed E-state index contributed by atoms with van der Waals surface area (Å²) in [7, 11) is 0. The Hall–Kier alpha value is -3.58. The highest BCUT2D eigenvalue weighted by atomic mass is 16.2. The number of carbonyl (C=O) groups is 2. The van der Waals surface area contributed by atoms with Crippen LogP contribution in [-0.2, 0) is 9.59 Å². The number of nitrogens with two attached hydrogens (primary N) is 1. The summed E-state index contributed by atoms with van der Waals surface area (Å²) in [5, 5.41) is 8.67. The Bertz CT molecular complexity index is 992. The number of fused-ring (bicyclic) bond motifs is 1. The number of hydrazone groups is 1. The van der Waals surface area contributed by atoms with Gasteiger partial charge in [0.15, 0.2) is 0 Å². The predicted molar refractivity (Wildman–Crippen MR) is 117 cm³/mol. The van der Waals surface area contributed by atoms with E-state index in [2.05, 4.69) is 27.4 Å². The van der Waals surface area contributed by atoms with Gasteiger partial charge in [0.1, 0.15) is 0 Å². The molecule has 0 bridgehead atoms. The Morgan fingerprint density at radius 3 is 2.79 bits per heavy atom. The van der Waals surface area contributed by atoms with E-state index in [1.165, 1.54) is 13.1 Å². The second-order valence-electron chi connectivity index (χ2n) is 6.36. The number of nitrogens with zero attached hydrogens (tertiary/aromatic N) is 2.